The first kappa shape index (κ1) is 14.7. The predicted octanol–water partition coefficient (Wildman–Crippen LogP) is 1.41. The summed E-state index contributed by atoms with van der Waals surface area (Å²) in [4.78, 5) is 5.27. The van der Waals surface area contributed by atoms with Gasteiger partial charge in [-0.2, -0.15) is 5.48 Å². The molecule has 0 bridgehead atoms. The summed E-state index contributed by atoms with van der Waals surface area (Å²) in [5.41, 5.74) is 3.76. The zero-order valence-corrected chi connectivity index (χ0v) is 11.8. The number of nitrogens with one attached hydrogen (secondary N) is 2. The highest BCUT2D eigenvalue weighted by atomic mass is 32.2. The van der Waals surface area contributed by atoms with Gasteiger partial charge in [-0.3, -0.25) is 4.84 Å². The molecule has 20 heavy (non-hydrogen) atoms. The van der Waals surface area contributed by atoms with Crippen molar-refractivity contribution in [2.45, 2.75) is 18.2 Å². The second kappa shape index (κ2) is 6.67. The average Bonchev–Trinajstić information content (AvgIpc) is 2.94. The Bertz CT molecular complexity index is 637. The largest absolute Gasteiger partial charge is 0.447 e. The Morgan fingerprint density at radius 3 is 2.60 bits per heavy atom. The van der Waals surface area contributed by atoms with Gasteiger partial charge in [-0.25, -0.2) is 13.1 Å². The maximum absolute atomic E-state index is 11.5. The van der Waals surface area contributed by atoms with Crippen LogP contribution in [0, 0.1) is 0 Å². The summed E-state index contributed by atoms with van der Waals surface area (Å²) in [5.74, 6) is 0.479. The Morgan fingerprint density at radius 1 is 1.15 bits per heavy atom. The van der Waals surface area contributed by atoms with Crippen molar-refractivity contribution in [3.8, 4) is 0 Å². The highest BCUT2D eigenvalue weighted by Crippen LogP contribution is 2.13. The lowest BCUT2D eigenvalue weighted by Crippen LogP contribution is -2.18. The van der Waals surface area contributed by atoms with Crippen LogP contribution in [-0.4, -0.2) is 15.5 Å². The molecule has 0 saturated heterocycles. The van der Waals surface area contributed by atoms with E-state index < -0.39 is 10.0 Å². The molecule has 1 aromatic heterocycles. The van der Waals surface area contributed by atoms with E-state index >= 15 is 0 Å². The van der Waals surface area contributed by atoms with Crippen molar-refractivity contribution in [2.24, 2.45) is 0 Å². The second-order valence-corrected chi connectivity index (χ2v) is 5.84. The third-order valence-electron chi connectivity index (χ3n) is 2.60. The molecule has 0 radical (unpaired) electrons. The minimum Gasteiger partial charge on any atom is -0.447 e. The molecule has 7 heteroatoms. The van der Waals surface area contributed by atoms with Crippen LogP contribution < -0.4 is 10.2 Å². The number of benzene rings is 1. The van der Waals surface area contributed by atoms with Crippen LogP contribution in [0.4, 0.5) is 0 Å². The van der Waals surface area contributed by atoms with E-state index in [0.717, 1.165) is 5.56 Å². The molecule has 0 aliphatic rings. The van der Waals surface area contributed by atoms with Crippen molar-refractivity contribution in [3.05, 3.63) is 53.8 Å². The molecule has 2 N–H and O–H groups in total. The maximum Gasteiger partial charge on any atom is 0.273 e. The van der Waals surface area contributed by atoms with Crippen molar-refractivity contribution < 1.29 is 17.7 Å². The van der Waals surface area contributed by atoms with E-state index in [1.54, 1.807) is 6.07 Å². The standard InChI is InChI=1S/C13H16N2O4S/c1-14-20(16,17)13-8-7-12(19-13)9-15-18-10-11-5-3-2-4-6-11/h2-8,14-15H,9-10H2,1H3. The quantitative estimate of drug-likeness (QED) is 0.596. The zero-order chi connectivity index (χ0) is 14.4. The Hall–Kier alpha value is -1.67. The Kier molecular flexibility index (Phi) is 4.91. The molecule has 0 saturated carbocycles. The maximum atomic E-state index is 11.5. The SMILES string of the molecule is CNS(=O)(=O)c1ccc(CNOCc2ccccc2)o1. The topological polar surface area (TPSA) is 80.6 Å². The fraction of sp³-hybridized carbons (Fsp3) is 0.231. The van der Waals surface area contributed by atoms with E-state index in [1.165, 1.54) is 13.1 Å². The Balaban J connectivity index is 1.81. The Morgan fingerprint density at radius 2 is 1.90 bits per heavy atom. The van der Waals surface area contributed by atoms with Gasteiger partial charge in [0.2, 0.25) is 5.09 Å². The van der Waals surface area contributed by atoms with Gasteiger partial charge in [0.15, 0.2) is 0 Å². The molecule has 0 aliphatic heterocycles. The van der Waals surface area contributed by atoms with Crippen molar-refractivity contribution in [1.29, 1.82) is 0 Å². The lowest BCUT2D eigenvalue weighted by atomic mass is 10.2. The summed E-state index contributed by atoms with van der Waals surface area (Å²) >= 11 is 0. The van der Waals surface area contributed by atoms with E-state index in [-0.39, 0.29) is 11.6 Å². The molecule has 0 amide bonds. The number of sulfonamides is 1. The van der Waals surface area contributed by atoms with Crippen LogP contribution in [0.15, 0.2) is 52.0 Å². The van der Waals surface area contributed by atoms with Gasteiger partial charge in [-0.05, 0) is 24.7 Å². The van der Waals surface area contributed by atoms with Crippen molar-refractivity contribution >= 4 is 10.0 Å². The molecule has 2 aromatic rings. The van der Waals surface area contributed by atoms with E-state index in [9.17, 15) is 8.42 Å². The number of hydrogen-bond donors (Lipinski definition) is 2. The van der Waals surface area contributed by atoms with Gasteiger partial charge < -0.3 is 4.42 Å². The van der Waals surface area contributed by atoms with Gasteiger partial charge in [0.25, 0.3) is 10.0 Å². The first-order valence-electron chi connectivity index (χ1n) is 6.02. The number of hydroxylamine groups is 1. The smallest absolute Gasteiger partial charge is 0.273 e. The van der Waals surface area contributed by atoms with Crippen LogP contribution in [0.2, 0.25) is 0 Å². The van der Waals surface area contributed by atoms with E-state index in [4.69, 9.17) is 9.25 Å². The van der Waals surface area contributed by atoms with Crippen molar-refractivity contribution in [2.75, 3.05) is 7.05 Å². The van der Waals surface area contributed by atoms with Crippen molar-refractivity contribution in [3.63, 3.8) is 0 Å². The average molecular weight is 296 g/mol. The lowest BCUT2D eigenvalue weighted by Gasteiger charge is -2.04. The monoisotopic (exact) mass is 296 g/mol. The minimum absolute atomic E-state index is 0.111. The van der Waals surface area contributed by atoms with E-state index in [0.29, 0.717) is 12.4 Å². The molecular formula is C13H16N2O4S. The van der Waals surface area contributed by atoms with Crippen LogP contribution in [0.3, 0.4) is 0 Å². The summed E-state index contributed by atoms with van der Waals surface area (Å²) in [6.07, 6.45) is 0. The van der Waals surface area contributed by atoms with Gasteiger partial charge in [-0.1, -0.05) is 30.3 Å². The molecule has 0 spiro atoms. The first-order chi connectivity index (χ1) is 9.62. The molecule has 0 fully saturated rings. The Labute approximate surface area is 117 Å². The summed E-state index contributed by atoms with van der Waals surface area (Å²) in [6.45, 7) is 0.704. The third-order valence-corrected chi connectivity index (χ3v) is 3.89. The van der Waals surface area contributed by atoms with Crippen LogP contribution >= 0.6 is 0 Å². The molecular weight excluding hydrogens is 280 g/mol. The molecule has 2 rings (SSSR count). The van der Waals surface area contributed by atoms with Gasteiger partial charge in [0.1, 0.15) is 5.76 Å². The highest BCUT2D eigenvalue weighted by Gasteiger charge is 2.15. The summed E-state index contributed by atoms with van der Waals surface area (Å²) in [7, 11) is -2.20. The summed E-state index contributed by atoms with van der Waals surface area (Å²) in [5, 5.41) is -0.111. The number of furan rings is 1. The predicted molar refractivity (Wildman–Crippen MR) is 73.0 cm³/mol. The molecule has 0 unspecified atom stereocenters. The zero-order valence-electron chi connectivity index (χ0n) is 11.0. The molecule has 108 valence electrons. The van der Waals surface area contributed by atoms with Crippen molar-refractivity contribution in [1.82, 2.24) is 10.2 Å². The fourth-order valence-corrected chi connectivity index (χ4v) is 2.19. The summed E-state index contributed by atoms with van der Waals surface area (Å²) in [6, 6.07) is 12.7. The number of hydrogen-bond acceptors (Lipinski definition) is 5. The minimum atomic E-state index is -3.54. The van der Waals surface area contributed by atoms with Crippen LogP contribution in [-0.2, 0) is 28.0 Å². The van der Waals surface area contributed by atoms with Crippen LogP contribution in [0.1, 0.15) is 11.3 Å². The van der Waals surface area contributed by atoms with Gasteiger partial charge in [-0.15, -0.1) is 0 Å². The van der Waals surface area contributed by atoms with E-state index in [2.05, 4.69) is 10.2 Å². The van der Waals surface area contributed by atoms with Gasteiger partial charge in [0, 0.05) is 0 Å². The normalized spacial score (nSPS) is 11.7. The molecule has 1 aromatic carbocycles. The molecule has 1 heterocycles. The molecule has 0 atom stereocenters. The highest BCUT2D eigenvalue weighted by molar-refractivity contribution is 7.89. The third kappa shape index (κ3) is 3.91. The fourth-order valence-electron chi connectivity index (χ4n) is 1.53. The molecule has 6 nitrogen and oxygen atoms in total. The van der Waals surface area contributed by atoms with Crippen LogP contribution in [0.5, 0.6) is 0 Å². The second-order valence-electron chi connectivity index (χ2n) is 4.02. The number of rotatable bonds is 7. The molecule has 0 aliphatic carbocycles. The lowest BCUT2D eigenvalue weighted by molar-refractivity contribution is 0.0196. The van der Waals surface area contributed by atoms with E-state index in [1.807, 2.05) is 30.3 Å². The van der Waals surface area contributed by atoms with Gasteiger partial charge in [0.05, 0.1) is 13.2 Å². The first-order valence-corrected chi connectivity index (χ1v) is 7.51. The summed E-state index contributed by atoms with van der Waals surface area (Å²) < 4.78 is 30.3. The van der Waals surface area contributed by atoms with Gasteiger partial charge >= 0.3 is 0 Å². The van der Waals surface area contributed by atoms with Crippen LogP contribution in [0.25, 0.3) is 0 Å².